The second kappa shape index (κ2) is 7.39. The first-order valence-electron chi connectivity index (χ1n) is 7.15. The Morgan fingerprint density at radius 3 is 2.55 bits per heavy atom. The molecule has 0 aromatic heterocycles. The molecule has 0 bridgehead atoms. The van der Waals surface area contributed by atoms with E-state index in [0.717, 1.165) is 12.0 Å². The van der Waals surface area contributed by atoms with Crippen LogP contribution < -0.4 is 5.73 Å². The molecule has 2 N–H and O–H groups in total. The van der Waals surface area contributed by atoms with E-state index in [9.17, 15) is 4.79 Å². The Balaban J connectivity index is 0.00000242. The Labute approximate surface area is 148 Å². The zero-order valence-corrected chi connectivity index (χ0v) is 15.4. The molecule has 1 aromatic carbocycles. The van der Waals surface area contributed by atoms with Gasteiger partial charge < -0.3 is 10.6 Å². The third kappa shape index (κ3) is 4.51. The summed E-state index contributed by atoms with van der Waals surface area (Å²) >= 11 is 12.0. The molecule has 6 heteroatoms. The monoisotopic (exact) mass is 364 g/mol. The highest BCUT2D eigenvalue weighted by Gasteiger charge is 2.45. The molecule has 2 unspecified atom stereocenters. The minimum atomic E-state index is -0.0572. The zero-order valence-electron chi connectivity index (χ0n) is 13.1. The van der Waals surface area contributed by atoms with Gasteiger partial charge in [0.05, 0.1) is 10.0 Å². The van der Waals surface area contributed by atoms with Crippen molar-refractivity contribution in [2.75, 3.05) is 20.1 Å². The molecule has 2 rings (SSSR count). The number of nitrogens with two attached hydrogens (primary N) is 1. The van der Waals surface area contributed by atoms with Crippen LogP contribution in [0.15, 0.2) is 18.2 Å². The molecular formula is C16H23Cl3N2O. The maximum atomic E-state index is 12.5. The molecular weight excluding hydrogens is 343 g/mol. The molecule has 3 nitrogen and oxygen atoms in total. The van der Waals surface area contributed by atoms with E-state index in [1.807, 2.05) is 19.2 Å². The molecule has 1 fully saturated rings. The van der Waals surface area contributed by atoms with Gasteiger partial charge in [-0.2, -0.15) is 0 Å². The van der Waals surface area contributed by atoms with E-state index in [1.54, 1.807) is 11.0 Å². The average molecular weight is 366 g/mol. The molecule has 0 heterocycles. The van der Waals surface area contributed by atoms with Crippen LogP contribution in [-0.2, 0) is 4.79 Å². The van der Waals surface area contributed by atoms with Gasteiger partial charge in [0, 0.05) is 19.5 Å². The van der Waals surface area contributed by atoms with Crippen molar-refractivity contribution in [3.8, 4) is 0 Å². The fourth-order valence-corrected chi connectivity index (χ4v) is 2.95. The maximum Gasteiger partial charge on any atom is 0.226 e. The van der Waals surface area contributed by atoms with Gasteiger partial charge >= 0.3 is 0 Å². The topological polar surface area (TPSA) is 46.3 Å². The van der Waals surface area contributed by atoms with Crippen LogP contribution in [-0.4, -0.2) is 30.9 Å². The molecule has 22 heavy (non-hydrogen) atoms. The molecule has 0 saturated heterocycles. The smallest absolute Gasteiger partial charge is 0.226 e. The van der Waals surface area contributed by atoms with E-state index < -0.39 is 0 Å². The third-order valence-corrected chi connectivity index (χ3v) is 4.81. The van der Waals surface area contributed by atoms with E-state index >= 15 is 0 Å². The van der Waals surface area contributed by atoms with Gasteiger partial charge in [0.2, 0.25) is 5.91 Å². The van der Waals surface area contributed by atoms with Crippen molar-refractivity contribution in [1.82, 2.24) is 4.90 Å². The van der Waals surface area contributed by atoms with Crippen LogP contribution >= 0.6 is 35.6 Å². The van der Waals surface area contributed by atoms with E-state index in [-0.39, 0.29) is 35.6 Å². The lowest BCUT2D eigenvalue weighted by Crippen LogP contribution is -2.40. The van der Waals surface area contributed by atoms with E-state index in [4.69, 9.17) is 28.9 Å². The molecule has 0 aliphatic heterocycles. The van der Waals surface area contributed by atoms with Crippen molar-refractivity contribution >= 4 is 41.5 Å². The number of rotatable bonds is 5. The van der Waals surface area contributed by atoms with E-state index in [1.165, 1.54) is 0 Å². The van der Waals surface area contributed by atoms with Gasteiger partial charge in [-0.1, -0.05) is 43.1 Å². The summed E-state index contributed by atoms with van der Waals surface area (Å²) in [6.45, 7) is 5.37. The Kier molecular flexibility index (Phi) is 6.58. The molecule has 0 spiro atoms. The van der Waals surface area contributed by atoms with Crippen molar-refractivity contribution in [3.05, 3.63) is 33.8 Å². The summed E-state index contributed by atoms with van der Waals surface area (Å²) < 4.78 is 0. The predicted molar refractivity (Wildman–Crippen MR) is 95.0 cm³/mol. The van der Waals surface area contributed by atoms with Crippen molar-refractivity contribution in [2.45, 2.75) is 26.2 Å². The van der Waals surface area contributed by atoms with Gasteiger partial charge in [0.15, 0.2) is 0 Å². The zero-order chi connectivity index (χ0) is 15.8. The lowest BCUT2D eigenvalue weighted by Gasteiger charge is -2.29. The fourth-order valence-electron chi connectivity index (χ4n) is 2.65. The van der Waals surface area contributed by atoms with Gasteiger partial charge in [-0.15, -0.1) is 12.4 Å². The summed E-state index contributed by atoms with van der Waals surface area (Å²) in [4.78, 5) is 14.3. The Morgan fingerprint density at radius 1 is 1.36 bits per heavy atom. The molecule has 2 atom stereocenters. The van der Waals surface area contributed by atoms with Crippen molar-refractivity contribution in [1.29, 1.82) is 0 Å². The lowest BCUT2D eigenvalue weighted by atomic mass is 9.93. The highest BCUT2D eigenvalue weighted by atomic mass is 35.5. The first-order valence-corrected chi connectivity index (χ1v) is 7.91. The van der Waals surface area contributed by atoms with Gasteiger partial charge in [0.1, 0.15) is 0 Å². The van der Waals surface area contributed by atoms with Crippen molar-refractivity contribution in [3.63, 3.8) is 0 Å². The van der Waals surface area contributed by atoms with Crippen LogP contribution in [0.2, 0.25) is 10.0 Å². The number of carbonyl (C=O) groups is 1. The molecule has 1 saturated carbocycles. The standard InChI is InChI=1S/C16H22Cl2N2O.ClH/c1-16(2,8-19)9-20(3)15(21)12-7-11(12)10-4-5-13(17)14(18)6-10;/h4-6,11-12H,7-9,19H2,1-3H3;1H. The lowest BCUT2D eigenvalue weighted by molar-refractivity contribution is -0.132. The maximum absolute atomic E-state index is 12.5. The largest absolute Gasteiger partial charge is 0.345 e. The number of benzene rings is 1. The van der Waals surface area contributed by atoms with Crippen LogP contribution in [0.4, 0.5) is 0 Å². The van der Waals surface area contributed by atoms with Crippen LogP contribution in [0.25, 0.3) is 0 Å². The molecule has 1 amide bonds. The second-order valence-electron chi connectivity index (χ2n) is 6.68. The number of halogens is 3. The number of nitrogens with zero attached hydrogens (tertiary/aromatic N) is 1. The predicted octanol–water partition coefficient (Wildman–Crippen LogP) is 3.96. The summed E-state index contributed by atoms with van der Waals surface area (Å²) in [6.07, 6.45) is 0.879. The third-order valence-electron chi connectivity index (χ3n) is 4.07. The highest BCUT2D eigenvalue weighted by Crippen LogP contribution is 2.49. The van der Waals surface area contributed by atoms with E-state index in [2.05, 4.69) is 13.8 Å². The Bertz CT molecular complexity index is 548. The van der Waals surface area contributed by atoms with Crippen LogP contribution in [0, 0.1) is 11.3 Å². The quantitative estimate of drug-likeness (QED) is 0.858. The van der Waals surface area contributed by atoms with Crippen molar-refractivity contribution < 1.29 is 4.79 Å². The summed E-state index contributed by atoms with van der Waals surface area (Å²) in [7, 11) is 1.85. The van der Waals surface area contributed by atoms with Gasteiger partial charge in [-0.25, -0.2) is 0 Å². The van der Waals surface area contributed by atoms with Gasteiger partial charge in [-0.3, -0.25) is 4.79 Å². The van der Waals surface area contributed by atoms with E-state index in [0.29, 0.717) is 23.1 Å². The van der Waals surface area contributed by atoms with Crippen molar-refractivity contribution in [2.24, 2.45) is 17.1 Å². The molecule has 124 valence electrons. The number of amides is 1. The first-order chi connectivity index (χ1) is 9.75. The molecule has 1 aliphatic carbocycles. The highest BCUT2D eigenvalue weighted by molar-refractivity contribution is 6.42. The number of hydrogen-bond donors (Lipinski definition) is 1. The van der Waals surface area contributed by atoms with Gasteiger partial charge in [-0.05, 0) is 42.0 Å². The summed E-state index contributed by atoms with van der Waals surface area (Å²) in [5.74, 6) is 0.504. The average Bonchev–Trinajstić information content (AvgIpc) is 3.21. The summed E-state index contributed by atoms with van der Waals surface area (Å²) in [6, 6.07) is 5.61. The first kappa shape index (κ1) is 19.6. The minimum Gasteiger partial charge on any atom is -0.345 e. The Morgan fingerprint density at radius 2 is 2.00 bits per heavy atom. The van der Waals surface area contributed by atoms with Crippen LogP contribution in [0.3, 0.4) is 0 Å². The number of hydrogen-bond acceptors (Lipinski definition) is 2. The second-order valence-corrected chi connectivity index (χ2v) is 7.50. The minimum absolute atomic E-state index is 0. The van der Waals surface area contributed by atoms with Crippen LogP contribution in [0.1, 0.15) is 31.7 Å². The molecule has 1 aromatic rings. The molecule has 0 radical (unpaired) electrons. The summed E-state index contributed by atoms with van der Waals surface area (Å²) in [5.41, 5.74) is 6.77. The van der Waals surface area contributed by atoms with Gasteiger partial charge in [0.25, 0.3) is 0 Å². The summed E-state index contributed by atoms with van der Waals surface area (Å²) in [5, 5.41) is 1.09. The molecule has 1 aliphatic rings. The normalized spacial score (nSPS) is 20.3. The SMILES string of the molecule is CN(CC(C)(C)CN)C(=O)C1CC1c1ccc(Cl)c(Cl)c1.Cl. The number of carbonyl (C=O) groups excluding carboxylic acids is 1. The van der Waals surface area contributed by atoms with Crippen LogP contribution in [0.5, 0.6) is 0 Å². The fraction of sp³-hybridized carbons (Fsp3) is 0.562. The Hall–Kier alpha value is -0.480.